The molecule has 0 radical (unpaired) electrons. The van der Waals surface area contributed by atoms with Gasteiger partial charge in [-0.1, -0.05) is 0 Å². The number of aromatic nitrogens is 2. The first-order valence-electron chi connectivity index (χ1n) is 16.9. The maximum absolute atomic E-state index is 14.6. The molecule has 276 valence electrons. The summed E-state index contributed by atoms with van der Waals surface area (Å²) < 4.78 is 62.9. The number of benzene rings is 1. The minimum Gasteiger partial charge on any atom is -0.327 e. The van der Waals surface area contributed by atoms with Crippen molar-refractivity contribution in [2.24, 2.45) is 5.92 Å². The third-order valence-corrected chi connectivity index (χ3v) is 13.2. The fraction of sp³-hybridized carbons (Fsp3) is 0.528. The van der Waals surface area contributed by atoms with Crippen LogP contribution in [0.3, 0.4) is 0 Å². The van der Waals surface area contributed by atoms with Gasteiger partial charge in [0.25, 0.3) is 5.91 Å². The van der Waals surface area contributed by atoms with Crippen molar-refractivity contribution in [2.45, 2.75) is 86.1 Å². The van der Waals surface area contributed by atoms with Crippen LogP contribution in [0.25, 0.3) is 16.6 Å². The third-order valence-electron chi connectivity index (χ3n) is 9.57. The second-order valence-electron chi connectivity index (χ2n) is 14.6. The first-order valence-corrected chi connectivity index (χ1v) is 19.4. The molecule has 0 aliphatic carbocycles. The molecule has 0 spiro atoms. The first-order chi connectivity index (χ1) is 23.9. The van der Waals surface area contributed by atoms with Gasteiger partial charge in [-0.15, -0.1) is 0 Å². The Labute approximate surface area is 303 Å². The number of hydrogen-bond donors (Lipinski definition) is 0. The van der Waals surface area contributed by atoms with E-state index in [0.29, 0.717) is 63.5 Å². The summed E-state index contributed by atoms with van der Waals surface area (Å²) in [6.07, 6.45) is -1.34. The zero-order valence-corrected chi connectivity index (χ0v) is 31.4. The van der Waals surface area contributed by atoms with Gasteiger partial charge in [0, 0.05) is 6.04 Å². The van der Waals surface area contributed by atoms with Gasteiger partial charge in [-0.2, -0.15) is 13.2 Å². The Hall–Kier alpha value is -3.76. The number of ether oxygens (including phenoxy) is 1. The standard InChI is InChI=1S/C36H41F4IN5O5/c1-19(2)45(18-36(38,39)40)32(48)24-15-22(37)7-8-26(24)46-20(3)28(23-9-12-42-16-27(23)46)31(47)21-10-13-43(14-11-21)33(49)30-29-25(41-29)17-44(30)34(50)51-35(4,5)6/h7-9,12,15-16,19,21,25,29-30H,10-11,13-14,17-18H2,1-6H3/q-1/t25-,29-,30-/m0/s1. The Morgan fingerprint density at radius 2 is 1.76 bits per heavy atom. The molecule has 0 bridgehead atoms. The number of alkyl halides is 5. The molecule has 51 heavy (non-hydrogen) atoms. The van der Waals surface area contributed by atoms with Crippen molar-refractivity contribution in [3.8, 4) is 5.69 Å². The Bertz CT molecular complexity index is 1880. The monoisotopic (exact) mass is 826 g/mol. The van der Waals surface area contributed by atoms with Crippen LogP contribution in [0.15, 0.2) is 36.7 Å². The molecular weight excluding hydrogens is 785 g/mol. The number of amides is 3. The summed E-state index contributed by atoms with van der Waals surface area (Å²) >= 11 is -0.150. The smallest absolute Gasteiger partial charge is 0.327 e. The molecule has 3 amide bonds. The normalized spacial score (nSPS) is 21.0. The average Bonchev–Trinajstić information content (AvgIpc) is 3.61. The van der Waals surface area contributed by atoms with Gasteiger partial charge in [0.2, 0.25) is 0 Å². The number of carbonyl (C=O) groups is 4. The van der Waals surface area contributed by atoms with E-state index in [1.807, 2.05) is 0 Å². The average molecular weight is 827 g/mol. The maximum atomic E-state index is 14.6. The number of carbonyl (C=O) groups excluding carboxylic acids is 4. The van der Waals surface area contributed by atoms with Gasteiger partial charge in [0.1, 0.15) is 12.4 Å². The van der Waals surface area contributed by atoms with E-state index < -0.39 is 54.1 Å². The zero-order valence-electron chi connectivity index (χ0n) is 29.3. The third kappa shape index (κ3) is 7.45. The van der Waals surface area contributed by atoms with Crippen LogP contribution in [0.5, 0.6) is 0 Å². The zero-order chi connectivity index (χ0) is 37.2. The summed E-state index contributed by atoms with van der Waals surface area (Å²) in [7, 11) is 0. The molecule has 5 heterocycles. The molecule has 3 aromatic rings. The molecule has 1 aromatic carbocycles. The molecule has 15 heteroatoms. The van der Waals surface area contributed by atoms with Crippen molar-refractivity contribution in [1.29, 1.82) is 0 Å². The van der Waals surface area contributed by atoms with Gasteiger partial charge in [-0.3, -0.25) is 9.78 Å². The number of fused-ring (bicyclic) bond motifs is 2. The minimum atomic E-state index is -4.68. The molecule has 0 saturated carbocycles. The van der Waals surface area contributed by atoms with E-state index in [-0.39, 0.29) is 48.1 Å². The molecule has 0 N–H and O–H groups in total. The Morgan fingerprint density at radius 1 is 1.08 bits per heavy atom. The fourth-order valence-electron chi connectivity index (χ4n) is 7.15. The molecule has 10 nitrogen and oxygen atoms in total. The summed E-state index contributed by atoms with van der Waals surface area (Å²) in [6, 6.07) is 3.65. The van der Waals surface area contributed by atoms with E-state index in [2.05, 4.69) is 4.98 Å². The van der Waals surface area contributed by atoms with Crippen molar-refractivity contribution in [2.75, 3.05) is 26.2 Å². The molecule has 0 unspecified atom stereocenters. The number of ketones is 1. The van der Waals surface area contributed by atoms with E-state index in [0.717, 1.165) is 12.1 Å². The van der Waals surface area contributed by atoms with Gasteiger partial charge in [-0.05, 0) is 32.0 Å². The van der Waals surface area contributed by atoms with Gasteiger partial charge < -0.3 is 4.90 Å². The SMILES string of the molecule is Cc1c(C(=O)C2CCN(C(=O)[C@@H]3[C@H]4[I-][C@H]4CN3C(=O)OC(C)(C)C)CC2)c2ccncc2n1-c1ccc(F)cc1C(=O)N(CC(F)(F)F)C(C)C. The molecule has 3 saturated heterocycles. The molecule has 3 atom stereocenters. The second-order valence-corrected chi connectivity index (χ2v) is 18.4. The predicted molar refractivity (Wildman–Crippen MR) is 176 cm³/mol. The molecule has 3 aliphatic rings. The topological polar surface area (TPSA) is 105 Å². The molecule has 2 aromatic heterocycles. The van der Waals surface area contributed by atoms with Crippen LogP contribution in [0.1, 0.15) is 73.9 Å². The number of likely N-dealkylation sites (tertiary alicyclic amines) is 2. The summed E-state index contributed by atoms with van der Waals surface area (Å²) in [5, 5.41) is 0.535. The van der Waals surface area contributed by atoms with Crippen LogP contribution in [0, 0.1) is 18.7 Å². The number of rotatable bonds is 7. The quantitative estimate of drug-likeness (QED) is 0.157. The minimum absolute atomic E-state index is 0.107. The summed E-state index contributed by atoms with van der Waals surface area (Å²) in [5.41, 5.74) is 0.388. The number of nitrogens with zero attached hydrogens (tertiary/aromatic N) is 5. The van der Waals surface area contributed by atoms with Crippen molar-refractivity contribution in [3.63, 3.8) is 0 Å². The van der Waals surface area contributed by atoms with Gasteiger partial charge in [0.15, 0.2) is 0 Å². The van der Waals surface area contributed by atoms with Gasteiger partial charge in [-0.25, -0.2) is 4.39 Å². The van der Waals surface area contributed by atoms with Crippen molar-refractivity contribution < 1.29 is 62.7 Å². The Balaban J connectivity index is 1.26. The van der Waals surface area contributed by atoms with Crippen molar-refractivity contribution in [1.82, 2.24) is 24.3 Å². The second kappa shape index (κ2) is 13.7. The van der Waals surface area contributed by atoms with E-state index in [4.69, 9.17) is 4.74 Å². The molecule has 3 aliphatic heterocycles. The van der Waals surface area contributed by atoms with Crippen LogP contribution in [0.2, 0.25) is 0 Å². The number of hydrogen-bond acceptors (Lipinski definition) is 6. The first kappa shape index (κ1) is 37.0. The van der Waals surface area contributed by atoms with E-state index >= 15 is 0 Å². The molecule has 3 fully saturated rings. The van der Waals surface area contributed by atoms with Crippen LogP contribution >= 0.6 is 0 Å². The Morgan fingerprint density at radius 3 is 2.39 bits per heavy atom. The molecular formula is C36H41F4IN5O5-. The van der Waals surface area contributed by atoms with Crippen LogP contribution in [-0.2, 0) is 9.53 Å². The van der Waals surface area contributed by atoms with Crippen LogP contribution < -0.4 is 21.2 Å². The van der Waals surface area contributed by atoms with E-state index in [1.165, 1.54) is 32.3 Å². The number of halogens is 5. The summed E-state index contributed by atoms with van der Waals surface area (Å²) in [4.78, 5) is 62.9. The number of piperidine rings is 1. The fourth-order valence-corrected chi connectivity index (χ4v) is 10.3. The van der Waals surface area contributed by atoms with Crippen LogP contribution in [-0.4, -0.2) is 106 Å². The van der Waals surface area contributed by atoms with Crippen molar-refractivity contribution >= 4 is 34.6 Å². The Kier molecular flexibility index (Phi) is 9.91. The number of pyridine rings is 1. The van der Waals surface area contributed by atoms with Gasteiger partial charge >= 0.3 is 211 Å². The van der Waals surface area contributed by atoms with E-state index in [9.17, 15) is 36.7 Å². The molecule has 6 rings (SSSR count). The van der Waals surface area contributed by atoms with Gasteiger partial charge in [0.05, 0.1) is 5.56 Å². The summed E-state index contributed by atoms with van der Waals surface area (Å²) in [5.74, 6) is -2.52. The van der Waals surface area contributed by atoms with E-state index in [1.54, 1.807) is 48.1 Å². The van der Waals surface area contributed by atoms with Crippen molar-refractivity contribution in [3.05, 3.63) is 59.3 Å². The predicted octanol–water partition coefficient (Wildman–Crippen LogP) is 2.77. The summed E-state index contributed by atoms with van der Waals surface area (Å²) in [6.45, 7) is 9.66. The van der Waals surface area contributed by atoms with Crippen LogP contribution in [0.4, 0.5) is 22.4 Å². The number of Topliss-reactive ketones (excluding diaryl/α,β-unsaturated/α-hetero) is 1.